The number of aliphatic hydroxyl groups excluding tert-OH is 1. The van der Waals surface area contributed by atoms with E-state index in [1.165, 1.54) is 18.1 Å². The summed E-state index contributed by atoms with van der Waals surface area (Å²) in [4.78, 5) is 84.6. The third-order valence-corrected chi connectivity index (χ3v) is 15.0. The smallest absolute Gasteiger partial charge is 0.330 e. The fourth-order valence-electron chi connectivity index (χ4n) is 10.6. The van der Waals surface area contributed by atoms with Gasteiger partial charge >= 0.3 is 11.9 Å². The van der Waals surface area contributed by atoms with Crippen molar-refractivity contribution in [3.05, 3.63) is 59.8 Å². The summed E-state index contributed by atoms with van der Waals surface area (Å²) in [5.74, 6) is -8.66. The van der Waals surface area contributed by atoms with Crippen molar-refractivity contribution in [2.24, 2.45) is 35.5 Å². The summed E-state index contributed by atoms with van der Waals surface area (Å²) < 4.78 is 35.4. The van der Waals surface area contributed by atoms with Gasteiger partial charge in [-0.25, -0.2) is 9.59 Å². The second-order valence-electron chi connectivity index (χ2n) is 20.5. The largest absolute Gasteiger partial charge is 0.460 e. The summed E-state index contributed by atoms with van der Waals surface area (Å²) in [5.41, 5.74) is 1.25. The number of Topliss-reactive ketones (excluding diaryl/α,β-unsaturated/α-hetero) is 3. The molecular formula is C55H83NO14. The Bertz CT molecular complexity index is 1950. The van der Waals surface area contributed by atoms with Crippen LogP contribution in [0.15, 0.2) is 59.8 Å². The van der Waals surface area contributed by atoms with Gasteiger partial charge in [-0.1, -0.05) is 77.2 Å². The molecule has 3 heterocycles. The van der Waals surface area contributed by atoms with E-state index in [0.717, 1.165) is 5.57 Å². The van der Waals surface area contributed by atoms with Crippen molar-refractivity contribution in [3.63, 3.8) is 0 Å². The number of ether oxygens (including phenoxy) is 6. The lowest BCUT2D eigenvalue weighted by molar-refractivity contribution is -0.265. The third-order valence-electron chi connectivity index (χ3n) is 15.0. The first kappa shape index (κ1) is 58.5. The Morgan fingerprint density at radius 3 is 2.29 bits per heavy atom. The Hall–Kier alpha value is -4.12. The van der Waals surface area contributed by atoms with Gasteiger partial charge in [-0.3, -0.25) is 19.2 Å². The molecular weight excluding hydrogens is 899 g/mol. The van der Waals surface area contributed by atoms with E-state index >= 15 is 0 Å². The number of carbonyl (C=O) groups excluding carboxylic acids is 6. The number of aliphatic hydroxyl groups is 2. The Morgan fingerprint density at radius 2 is 1.61 bits per heavy atom. The van der Waals surface area contributed by atoms with Crippen LogP contribution in [0.5, 0.6) is 0 Å². The van der Waals surface area contributed by atoms with Crippen LogP contribution in [0.25, 0.3) is 0 Å². The first-order chi connectivity index (χ1) is 33.2. The molecule has 4 rings (SSSR count). The first-order valence-corrected chi connectivity index (χ1v) is 25.5. The molecule has 15 atom stereocenters. The average molecular weight is 982 g/mol. The van der Waals surface area contributed by atoms with Crippen LogP contribution in [0.4, 0.5) is 0 Å². The summed E-state index contributed by atoms with van der Waals surface area (Å²) in [5, 5.41) is 23.5. The van der Waals surface area contributed by atoms with E-state index in [0.29, 0.717) is 69.8 Å². The molecule has 15 heteroatoms. The van der Waals surface area contributed by atoms with Gasteiger partial charge in [-0.2, -0.15) is 0 Å². The van der Waals surface area contributed by atoms with Gasteiger partial charge in [-0.05, 0) is 114 Å². The first-order valence-electron chi connectivity index (χ1n) is 25.5. The molecule has 2 saturated heterocycles. The standard InChI is InChI=1S/C55H83NO14/c1-12-18-48(58)68-44-25-23-40(30-47(44)66-10)29-36(5)46-32-43(57)35(4)28-38(7)50(60)51(67-11)49(59)37(6)27-33(2)19-14-13-15-20-34(3)45(65-9)31-41-24-22-39(8)55(64,70-41)52(61)53(62)56-26-17-16-21-42(56)54(63)69-46/h12-15,18-20,28,33,35-37,39-42,44-47,50-51,60,64H,16-17,21-27,29-32H2,1-11H3/b15-13+,18-12+,19-14+,34-20+,38-28+/t33-,35-,36?,37-,39-,40+,41+,42+,44-,45+,46+,47-,50-,51+,55-/m1/s1. The molecule has 1 saturated carbocycles. The van der Waals surface area contributed by atoms with Crippen molar-refractivity contribution >= 4 is 35.2 Å². The molecule has 4 aliphatic rings. The fourth-order valence-corrected chi connectivity index (χ4v) is 10.6. The maximum absolute atomic E-state index is 14.5. The minimum Gasteiger partial charge on any atom is -0.460 e. The van der Waals surface area contributed by atoms with E-state index in [9.17, 15) is 39.0 Å². The van der Waals surface area contributed by atoms with Crippen LogP contribution in [-0.2, 0) is 57.2 Å². The van der Waals surface area contributed by atoms with E-state index in [1.54, 1.807) is 54.1 Å². The topological polar surface area (TPSA) is 201 Å². The molecule has 70 heavy (non-hydrogen) atoms. The monoisotopic (exact) mass is 982 g/mol. The molecule has 0 radical (unpaired) electrons. The molecule has 0 aromatic carbocycles. The van der Waals surface area contributed by atoms with Gasteiger partial charge in [0.1, 0.15) is 36.2 Å². The van der Waals surface area contributed by atoms with Crippen LogP contribution >= 0.6 is 0 Å². The number of ketones is 3. The number of rotatable bonds is 8. The van der Waals surface area contributed by atoms with Crippen molar-refractivity contribution in [1.82, 2.24) is 4.90 Å². The molecule has 2 bridgehead atoms. The minimum atomic E-state index is -2.45. The van der Waals surface area contributed by atoms with Crippen LogP contribution in [0.3, 0.4) is 0 Å². The van der Waals surface area contributed by atoms with Crippen LogP contribution in [0.2, 0.25) is 0 Å². The highest BCUT2D eigenvalue weighted by molar-refractivity contribution is 6.39. The molecule has 1 aliphatic carbocycles. The van der Waals surface area contributed by atoms with Crippen LogP contribution in [-0.4, -0.2) is 133 Å². The van der Waals surface area contributed by atoms with Gasteiger partial charge in [0.2, 0.25) is 5.79 Å². The number of fused-ring (bicyclic) bond motifs is 3. The van der Waals surface area contributed by atoms with E-state index in [1.807, 2.05) is 58.1 Å². The second-order valence-corrected chi connectivity index (χ2v) is 20.5. The van der Waals surface area contributed by atoms with Crippen LogP contribution in [0, 0.1) is 35.5 Å². The SMILES string of the molecule is C/C=C/C(=O)O[C@@H]1CC[C@@H](CC(C)[C@@H]2CC(=O)[C@H](C)/C=C(\C)[C@@H](O)[C@@H](OC)C(=O)[C@H](C)C[C@H](C)/C=C/C=C/C=C(\C)[C@@H](OC)C[C@@H]3CC[C@@H](C)[C@@](O)(O3)C(=O)C(=O)N3CCCC[C@H]3C(=O)O2)C[C@H]1OC. The highest BCUT2D eigenvalue weighted by atomic mass is 16.6. The van der Waals surface area contributed by atoms with Crippen molar-refractivity contribution in [2.45, 2.75) is 187 Å². The zero-order chi connectivity index (χ0) is 51.9. The number of amides is 1. The Labute approximate surface area is 416 Å². The van der Waals surface area contributed by atoms with Crippen molar-refractivity contribution in [2.75, 3.05) is 27.9 Å². The van der Waals surface area contributed by atoms with Crippen LogP contribution in [0.1, 0.15) is 132 Å². The number of hydrogen-bond donors (Lipinski definition) is 2. The Balaban J connectivity index is 1.70. The molecule has 0 aromatic rings. The zero-order valence-electron chi connectivity index (χ0n) is 43.6. The lowest BCUT2D eigenvalue weighted by atomic mass is 9.78. The number of carbonyl (C=O) groups is 6. The normalized spacial score (nSPS) is 38.4. The van der Waals surface area contributed by atoms with Gasteiger partial charge in [0.25, 0.3) is 11.7 Å². The fraction of sp³-hybridized carbons (Fsp3) is 0.709. The molecule has 1 amide bonds. The molecule has 3 fully saturated rings. The van der Waals surface area contributed by atoms with E-state index in [4.69, 9.17) is 28.4 Å². The number of cyclic esters (lactones) is 1. The highest BCUT2D eigenvalue weighted by Crippen LogP contribution is 2.38. The summed E-state index contributed by atoms with van der Waals surface area (Å²) in [6.45, 7) is 14.4. The summed E-state index contributed by atoms with van der Waals surface area (Å²) in [6.07, 6.45) is 13.9. The number of esters is 2. The number of hydrogen-bond acceptors (Lipinski definition) is 14. The zero-order valence-corrected chi connectivity index (χ0v) is 43.6. The lowest BCUT2D eigenvalue weighted by Crippen LogP contribution is -2.61. The van der Waals surface area contributed by atoms with Crippen LogP contribution < -0.4 is 0 Å². The molecule has 15 nitrogen and oxygen atoms in total. The third kappa shape index (κ3) is 15.7. The molecule has 0 spiro atoms. The quantitative estimate of drug-likeness (QED) is 0.106. The van der Waals surface area contributed by atoms with Gasteiger partial charge in [0.15, 0.2) is 5.78 Å². The van der Waals surface area contributed by atoms with Gasteiger partial charge < -0.3 is 43.5 Å². The maximum atomic E-state index is 14.5. The predicted octanol–water partition coefficient (Wildman–Crippen LogP) is 7.31. The van der Waals surface area contributed by atoms with E-state index < -0.39 is 89.8 Å². The average Bonchev–Trinajstić information content (AvgIpc) is 3.33. The molecule has 2 N–H and O–H groups in total. The van der Waals surface area contributed by atoms with E-state index in [-0.39, 0.29) is 54.8 Å². The summed E-state index contributed by atoms with van der Waals surface area (Å²) >= 11 is 0. The Kier molecular flexibility index (Phi) is 23.1. The number of methoxy groups -OCH3 is 3. The maximum Gasteiger partial charge on any atom is 0.330 e. The van der Waals surface area contributed by atoms with Gasteiger partial charge in [-0.15, -0.1) is 0 Å². The molecule has 1 unspecified atom stereocenters. The predicted molar refractivity (Wildman–Crippen MR) is 264 cm³/mol. The van der Waals surface area contributed by atoms with Gasteiger partial charge in [0, 0.05) is 64.5 Å². The van der Waals surface area contributed by atoms with Gasteiger partial charge in [0.05, 0.1) is 18.3 Å². The van der Waals surface area contributed by atoms with Crippen molar-refractivity contribution in [3.8, 4) is 0 Å². The highest BCUT2D eigenvalue weighted by Gasteiger charge is 2.53. The number of nitrogens with zero attached hydrogens (tertiary/aromatic N) is 1. The lowest BCUT2D eigenvalue weighted by Gasteiger charge is -2.42. The van der Waals surface area contributed by atoms with Crippen molar-refractivity contribution < 1.29 is 67.4 Å². The molecule has 3 aliphatic heterocycles. The summed E-state index contributed by atoms with van der Waals surface area (Å²) in [6, 6.07) is -1.17. The number of allylic oxidation sites excluding steroid dienone is 7. The summed E-state index contributed by atoms with van der Waals surface area (Å²) in [7, 11) is 4.52. The molecule has 0 aromatic heterocycles. The van der Waals surface area contributed by atoms with E-state index in [2.05, 4.69) is 0 Å². The molecule has 392 valence electrons. The van der Waals surface area contributed by atoms with Crippen molar-refractivity contribution in [1.29, 1.82) is 0 Å². The second kappa shape index (κ2) is 27.6. The minimum absolute atomic E-state index is 0.00840. The number of piperidine rings is 1. The Morgan fingerprint density at radius 1 is 0.886 bits per heavy atom.